The zero-order chi connectivity index (χ0) is 12.3. The normalized spacial score (nSPS) is 12.0. The molecule has 0 aliphatic rings. The van der Waals surface area contributed by atoms with Gasteiger partial charge in [-0.1, -0.05) is 18.2 Å². The van der Waals surface area contributed by atoms with Crippen LogP contribution in [-0.2, 0) is 10.8 Å². The summed E-state index contributed by atoms with van der Waals surface area (Å²) >= 11 is 0. The molecule has 0 aromatic heterocycles. The van der Waals surface area contributed by atoms with Gasteiger partial charge in [0.15, 0.2) is 0 Å². The zero-order valence-corrected chi connectivity index (χ0v) is 9.68. The zero-order valence-electron chi connectivity index (χ0n) is 8.87. The molecule has 0 bridgehead atoms. The largest absolute Gasteiger partial charge is 0.478 e. The van der Waals surface area contributed by atoms with Gasteiger partial charge < -0.3 is 5.11 Å². The Morgan fingerprint density at radius 2 is 1.41 bits per heavy atom. The van der Waals surface area contributed by atoms with Crippen LogP contribution in [0.4, 0.5) is 0 Å². The monoisotopic (exact) mass is 246 g/mol. The second kappa shape index (κ2) is 4.93. The van der Waals surface area contributed by atoms with Crippen LogP contribution in [0.2, 0.25) is 0 Å². The molecule has 2 aromatic carbocycles. The van der Waals surface area contributed by atoms with E-state index in [2.05, 4.69) is 0 Å². The van der Waals surface area contributed by atoms with Gasteiger partial charge in [-0.25, -0.2) is 9.00 Å². The second-order valence-electron chi connectivity index (χ2n) is 3.41. The highest BCUT2D eigenvalue weighted by atomic mass is 32.2. The summed E-state index contributed by atoms with van der Waals surface area (Å²) in [7, 11) is -1.26. The lowest BCUT2D eigenvalue weighted by Gasteiger charge is -2.02. The molecule has 3 nitrogen and oxygen atoms in total. The molecule has 1 atom stereocenters. The first-order chi connectivity index (χ1) is 8.18. The van der Waals surface area contributed by atoms with Gasteiger partial charge in [-0.15, -0.1) is 0 Å². The van der Waals surface area contributed by atoms with Crippen molar-refractivity contribution in [3.63, 3.8) is 0 Å². The van der Waals surface area contributed by atoms with Gasteiger partial charge in [0.2, 0.25) is 0 Å². The molecule has 0 fully saturated rings. The van der Waals surface area contributed by atoms with Gasteiger partial charge in [0.25, 0.3) is 0 Å². The van der Waals surface area contributed by atoms with E-state index in [1.165, 1.54) is 12.1 Å². The van der Waals surface area contributed by atoms with E-state index in [1.807, 2.05) is 18.2 Å². The van der Waals surface area contributed by atoms with E-state index >= 15 is 0 Å². The van der Waals surface area contributed by atoms with Crippen LogP contribution in [0.5, 0.6) is 0 Å². The molecule has 0 saturated heterocycles. The van der Waals surface area contributed by atoms with E-state index in [-0.39, 0.29) is 5.56 Å². The molecule has 0 spiro atoms. The molecule has 0 aliphatic carbocycles. The fourth-order valence-corrected chi connectivity index (χ4v) is 2.46. The summed E-state index contributed by atoms with van der Waals surface area (Å²) in [5, 5.41) is 8.76. The Labute approximate surface area is 101 Å². The molecular weight excluding hydrogens is 236 g/mol. The first-order valence-corrected chi connectivity index (χ1v) is 6.13. The Morgan fingerprint density at radius 1 is 0.882 bits per heavy atom. The first kappa shape index (κ1) is 11.5. The topological polar surface area (TPSA) is 54.4 Å². The number of aromatic carboxylic acids is 1. The molecule has 1 N–H and O–H groups in total. The van der Waals surface area contributed by atoms with Crippen molar-refractivity contribution in [2.75, 3.05) is 0 Å². The lowest BCUT2D eigenvalue weighted by Crippen LogP contribution is -1.97. The van der Waals surface area contributed by atoms with Crippen molar-refractivity contribution >= 4 is 16.8 Å². The molecule has 0 saturated carbocycles. The van der Waals surface area contributed by atoms with Crippen LogP contribution in [0.1, 0.15) is 10.4 Å². The predicted molar refractivity (Wildman–Crippen MR) is 64.5 cm³/mol. The lowest BCUT2D eigenvalue weighted by molar-refractivity contribution is 0.0697. The molecule has 0 heterocycles. The van der Waals surface area contributed by atoms with E-state index in [9.17, 15) is 9.00 Å². The highest BCUT2D eigenvalue weighted by Crippen LogP contribution is 2.16. The Kier molecular flexibility index (Phi) is 3.35. The van der Waals surface area contributed by atoms with Crippen molar-refractivity contribution in [3.8, 4) is 0 Å². The van der Waals surface area contributed by atoms with Gasteiger partial charge in [-0.3, -0.25) is 0 Å². The minimum atomic E-state index is -1.26. The fraction of sp³-hybridized carbons (Fsp3) is 0. The highest BCUT2D eigenvalue weighted by Gasteiger charge is 2.08. The molecule has 2 aromatic rings. The summed E-state index contributed by atoms with van der Waals surface area (Å²) in [5.74, 6) is -0.984. The maximum Gasteiger partial charge on any atom is 0.335 e. The van der Waals surface area contributed by atoms with E-state index in [0.717, 1.165) is 0 Å². The maximum absolute atomic E-state index is 12.1. The van der Waals surface area contributed by atoms with Gasteiger partial charge in [0, 0.05) is 9.79 Å². The van der Waals surface area contributed by atoms with Crippen molar-refractivity contribution in [3.05, 3.63) is 60.2 Å². The van der Waals surface area contributed by atoms with Crippen molar-refractivity contribution in [2.24, 2.45) is 0 Å². The summed E-state index contributed by atoms with van der Waals surface area (Å²) < 4.78 is 12.1. The van der Waals surface area contributed by atoms with Gasteiger partial charge in [-0.2, -0.15) is 0 Å². The molecule has 0 amide bonds. The molecular formula is C13H10O3S. The minimum Gasteiger partial charge on any atom is -0.478 e. The summed E-state index contributed by atoms with van der Waals surface area (Å²) in [6, 6.07) is 15.1. The predicted octanol–water partition coefficient (Wildman–Crippen LogP) is 2.55. The third-order valence-electron chi connectivity index (χ3n) is 2.27. The van der Waals surface area contributed by atoms with Crippen LogP contribution in [0.3, 0.4) is 0 Å². The standard InChI is InChI=1S/C13H10O3S/c14-13(15)10-6-8-12(9-7-10)17(16)11-4-2-1-3-5-11/h1-9H,(H,14,15)/t17-/m1/s1. The van der Waals surface area contributed by atoms with E-state index in [1.54, 1.807) is 24.3 Å². The highest BCUT2D eigenvalue weighted by molar-refractivity contribution is 7.85. The Morgan fingerprint density at radius 3 is 1.94 bits per heavy atom. The molecule has 0 aliphatic heterocycles. The van der Waals surface area contributed by atoms with Gasteiger partial charge in [0.1, 0.15) is 0 Å². The van der Waals surface area contributed by atoms with Crippen LogP contribution in [-0.4, -0.2) is 15.3 Å². The summed E-state index contributed by atoms with van der Waals surface area (Å²) in [4.78, 5) is 12.0. The van der Waals surface area contributed by atoms with Crippen molar-refractivity contribution in [2.45, 2.75) is 9.79 Å². The second-order valence-corrected chi connectivity index (χ2v) is 4.89. The van der Waals surface area contributed by atoms with Gasteiger partial charge in [-0.05, 0) is 36.4 Å². The summed E-state index contributed by atoms with van der Waals surface area (Å²) in [6.07, 6.45) is 0. The molecule has 0 unspecified atom stereocenters. The fourth-order valence-electron chi connectivity index (χ4n) is 1.40. The molecule has 17 heavy (non-hydrogen) atoms. The van der Waals surface area contributed by atoms with Crippen LogP contribution in [0, 0.1) is 0 Å². The molecule has 86 valence electrons. The molecule has 4 heteroatoms. The van der Waals surface area contributed by atoms with E-state index in [4.69, 9.17) is 5.11 Å². The SMILES string of the molecule is O=C(O)c1ccc([S@](=O)c2ccccc2)cc1. The average Bonchev–Trinajstić information content (AvgIpc) is 2.39. The van der Waals surface area contributed by atoms with Crippen LogP contribution >= 0.6 is 0 Å². The quantitative estimate of drug-likeness (QED) is 0.905. The van der Waals surface area contributed by atoms with Crippen molar-refractivity contribution < 1.29 is 14.1 Å². The number of hydrogen-bond acceptors (Lipinski definition) is 2. The first-order valence-electron chi connectivity index (χ1n) is 4.98. The summed E-state index contributed by atoms with van der Waals surface area (Å²) in [5.41, 5.74) is 0.193. The Hall–Kier alpha value is -1.94. The molecule has 0 radical (unpaired) electrons. The van der Waals surface area contributed by atoms with E-state index in [0.29, 0.717) is 9.79 Å². The molecule has 2 rings (SSSR count). The summed E-state index contributed by atoms with van der Waals surface area (Å²) in [6.45, 7) is 0. The number of carboxylic acids is 1. The third kappa shape index (κ3) is 2.60. The minimum absolute atomic E-state index is 0.193. The smallest absolute Gasteiger partial charge is 0.335 e. The number of hydrogen-bond donors (Lipinski definition) is 1. The van der Waals surface area contributed by atoms with E-state index < -0.39 is 16.8 Å². The number of carboxylic acid groups (broad SMARTS) is 1. The van der Waals surface area contributed by atoms with Crippen LogP contribution in [0.15, 0.2) is 64.4 Å². The lowest BCUT2D eigenvalue weighted by atomic mass is 10.2. The maximum atomic E-state index is 12.1. The Balaban J connectivity index is 2.30. The number of carbonyl (C=O) groups is 1. The van der Waals surface area contributed by atoms with Crippen LogP contribution in [0.25, 0.3) is 0 Å². The third-order valence-corrected chi connectivity index (χ3v) is 3.67. The van der Waals surface area contributed by atoms with Gasteiger partial charge >= 0.3 is 5.97 Å². The average molecular weight is 246 g/mol. The van der Waals surface area contributed by atoms with Crippen LogP contribution < -0.4 is 0 Å². The Bertz CT molecular complexity index is 547. The number of benzene rings is 2. The van der Waals surface area contributed by atoms with Gasteiger partial charge in [0.05, 0.1) is 16.4 Å². The van der Waals surface area contributed by atoms with Crippen molar-refractivity contribution in [1.82, 2.24) is 0 Å². The van der Waals surface area contributed by atoms with Crippen molar-refractivity contribution in [1.29, 1.82) is 0 Å². The number of rotatable bonds is 3.